The van der Waals surface area contributed by atoms with Gasteiger partial charge >= 0.3 is 12.1 Å². The predicted molar refractivity (Wildman–Crippen MR) is 122 cm³/mol. The number of H-pyrrole nitrogens is 1. The first-order chi connectivity index (χ1) is 16.6. The highest BCUT2D eigenvalue weighted by molar-refractivity contribution is 5.75. The van der Waals surface area contributed by atoms with E-state index in [2.05, 4.69) is 15.0 Å². The van der Waals surface area contributed by atoms with Crippen molar-refractivity contribution in [2.75, 3.05) is 13.7 Å². The topological polar surface area (TPSA) is 97.3 Å². The van der Waals surface area contributed by atoms with E-state index in [-0.39, 0.29) is 24.2 Å². The number of aromatic nitrogens is 3. The molecule has 0 aliphatic heterocycles. The number of methoxy groups -OCH3 is 1. The van der Waals surface area contributed by atoms with Crippen LogP contribution in [0.5, 0.6) is 5.75 Å². The fraction of sp³-hybridized carbons (Fsp3) is 0.400. The fourth-order valence-corrected chi connectivity index (χ4v) is 4.43. The molecule has 2 N–H and O–H groups in total. The van der Waals surface area contributed by atoms with Crippen LogP contribution in [0.25, 0.3) is 22.6 Å². The van der Waals surface area contributed by atoms with Gasteiger partial charge < -0.3 is 19.6 Å². The lowest BCUT2D eigenvalue weighted by Crippen LogP contribution is -2.41. The Bertz CT molecular complexity index is 1170. The van der Waals surface area contributed by atoms with E-state index in [1.54, 1.807) is 12.1 Å². The third-order valence-corrected chi connectivity index (χ3v) is 6.41. The molecule has 1 aromatic carbocycles. The van der Waals surface area contributed by atoms with Gasteiger partial charge in [0.1, 0.15) is 11.6 Å². The van der Waals surface area contributed by atoms with Crippen LogP contribution < -0.4 is 4.74 Å². The largest absolute Gasteiger partial charge is 0.490 e. The monoisotopic (exact) mass is 489 g/mol. The summed E-state index contributed by atoms with van der Waals surface area (Å²) in [5, 5.41) is 9.58. The van der Waals surface area contributed by atoms with E-state index in [0.29, 0.717) is 42.7 Å². The maximum absolute atomic E-state index is 13.0. The Morgan fingerprint density at radius 2 is 1.80 bits per heavy atom. The standard InChI is InChI=1S/C25H26F3N3O4/c1-15-21(25(26,27)28)31-22(30-15)17-5-8-20(29-13-17)16-3-6-18(7-4-16)35-19-9-11-24(12-10-19,14-34-2)23(32)33/h3-8,13,19H,9-12,14H2,1-2H3,(H,30,31)(H,32,33)/t19-,24-. The van der Waals surface area contributed by atoms with Crippen LogP contribution in [0.2, 0.25) is 0 Å². The van der Waals surface area contributed by atoms with Crippen LogP contribution in [0.4, 0.5) is 13.2 Å². The van der Waals surface area contributed by atoms with Crippen molar-refractivity contribution in [2.45, 2.75) is 44.9 Å². The molecule has 1 fully saturated rings. The molecule has 1 aliphatic carbocycles. The van der Waals surface area contributed by atoms with Crippen LogP contribution in [0.15, 0.2) is 42.6 Å². The van der Waals surface area contributed by atoms with Crippen molar-refractivity contribution in [2.24, 2.45) is 5.41 Å². The molecule has 0 unspecified atom stereocenters. The molecule has 1 aliphatic rings. The smallest absolute Gasteiger partial charge is 0.435 e. The minimum Gasteiger partial charge on any atom is -0.490 e. The third kappa shape index (κ3) is 5.32. The van der Waals surface area contributed by atoms with E-state index in [1.165, 1.54) is 20.2 Å². The number of nitrogens with zero attached hydrogens (tertiary/aromatic N) is 2. The number of hydrogen-bond donors (Lipinski definition) is 2. The van der Waals surface area contributed by atoms with Gasteiger partial charge in [-0.2, -0.15) is 13.2 Å². The molecular formula is C25H26F3N3O4. The van der Waals surface area contributed by atoms with Crippen LogP contribution in [0, 0.1) is 12.3 Å². The lowest BCUT2D eigenvalue weighted by atomic mass is 9.73. The Balaban J connectivity index is 1.39. The normalized spacial score (nSPS) is 20.5. The highest BCUT2D eigenvalue weighted by Gasteiger charge is 2.42. The number of hydrogen-bond acceptors (Lipinski definition) is 5. The van der Waals surface area contributed by atoms with Crippen molar-refractivity contribution < 1.29 is 32.5 Å². The Hall–Kier alpha value is -3.40. The van der Waals surface area contributed by atoms with Crippen molar-refractivity contribution in [1.82, 2.24) is 15.0 Å². The van der Waals surface area contributed by atoms with E-state index in [9.17, 15) is 23.1 Å². The summed E-state index contributed by atoms with van der Waals surface area (Å²) in [5.74, 6) is -0.0400. The quantitative estimate of drug-likeness (QED) is 0.455. The lowest BCUT2D eigenvalue weighted by Gasteiger charge is -2.36. The minimum absolute atomic E-state index is 0.0440. The van der Waals surface area contributed by atoms with Gasteiger partial charge in [-0.1, -0.05) is 0 Å². The number of aryl methyl sites for hydroxylation is 1. The van der Waals surface area contributed by atoms with Crippen LogP contribution in [0.3, 0.4) is 0 Å². The van der Waals surface area contributed by atoms with Gasteiger partial charge in [0.05, 0.1) is 23.8 Å². The summed E-state index contributed by atoms with van der Waals surface area (Å²) < 4.78 is 50.2. The Kier molecular flexibility index (Phi) is 6.84. The van der Waals surface area contributed by atoms with E-state index in [1.807, 2.05) is 24.3 Å². The van der Waals surface area contributed by atoms with Crippen molar-refractivity contribution in [3.8, 4) is 28.4 Å². The van der Waals surface area contributed by atoms with Gasteiger partial charge in [0, 0.05) is 30.1 Å². The fourth-order valence-electron chi connectivity index (χ4n) is 4.43. The number of carboxylic acids is 1. The molecule has 1 saturated carbocycles. The van der Waals surface area contributed by atoms with E-state index < -0.39 is 23.3 Å². The first kappa shape index (κ1) is 24.7. The van der Waals surface area contributed by atoms with Gasteiger partial charge in [-0.05, 0) is 69.0 Å². The SMILES string of the molecule is COC[C@]1(C(=O)O)CC[C@H](Oc2ccc(-c3ccc(-c4nc(C(F)(F)F)c(C)[nH]4)cn3)cc2)CC1. The second kappa shape index (κ2) is 9.69. The van der Waals surface area contributed by atoms with Crippen molar-refractivity contribution in [3.63, 3.8) is 0 Å². The Morgan fingerprint density at radius 3 is 2.31 bits per heavy atom. The molecule has 35 heavy (non-hydrogen) atoms. The minimum atomic E-state index is -4.52. The molecule has 10 heteroatoms. The maximum Gasteiger partial charge on any atom is 0.435 e. The van der Waals surface area contributed by atoms with Crippen molar-refractivity contribution in [1.29, 1.82) is 0 Å². The van der Waals surface area contributed by atoms with Gasteiger partial charge in [0.25, 0.3) is 0 Å². The van der Waals surface area contributed by atoms with Gasteiger partial charge in [0.2, 0.25) is 0 Å². The van der Waals surface area contributed by atoms with Crippen molar-refractivity contribution >= 4 is 5.97 Å². The number of pyridine rings is 1. The lowest BCUT2D eigenvalue weighted by molar-refractivity contribution is -0.156. The number of nitrogens with one attached hydrogen (secondary N) is 1. The molecule has 0 atom stereocenters. The molecule has 0 bridgehead atoms. The van der Waals surface area contributed by atoms with Crippen LogP contribution in [0.1, 0.15) is 37.1 Å². The van der Waals surface area contributed by atoms with Crippen LogP contribution in [-0.4, -0.2) is 45.8 Å². The number of ether oxygens (including phenoxy) is 2. The number of carbonyl (C=O) groups is 1. The maximum atomic E-state index is 13.0. The first-order valence-corrected chi connectivity index (χ1v) is 11.2. The zero-order valence-corrected chi connectivity index (χ0v) is 19.4. The Labute approximate surface area is 200 Å². The Morgan fingerprint density at radius 1 is 1.14 bits per heavy atom. The molecule has 2 aromatic heterocycles. The average molecular weight is 489 g/mol. The number of benzene rings is 1. The summed E-state index contributed by atoms with van der Waals surface area (Å²) in [6.07, 6.45) is -0.859. The molecule has 186 valence electrons. The molecule has 4 rings (SSSR count). The summed E-state index contributed by atoms with van der Waals surface area (Å²) >= 11 is 0. The van der Waals surface area contributed by atoms with E-state index in [0.717, 1.165) is 5.56 Å². The zero-order valence-electron chi connectivity index (χ0n) is 19.4. The van der Waals surface area contributed by atoms with Gasteiger partial charge in [-0.15, -0.1) is 0 Å². The number of carboxylic acid groups (broad SMARTS) is 1. The van der Waals surface area contributed by atoms with Gasteiger partial charge in [-0.3, -0.25) is 9.78 Å². The summed E-state index contributed by atoms with van der Waals surface area (Å²) in [7, 11) is 1.51. The number of aliphatic carboxylic acids is 1. The molecule has 0 radical (unpaired) electrons. The molecule has 3 aromatic rings. The van der Waals surface area contributed by atoms with Gasteiger partial charge in [-0.25, -0.2) is 4.98 Å². The van der Waals surface area contributed by atoms with E-state index >= 15 is 0 Å². The molecule has 2 heterocycles. The van der Waals surface area contributed by atoms with Crippen LogP contribution in [-0.2, 0) is 15.7 Å². The second-order valence-electron chi connectivity index (χ2n) is 8.85. The van der Waals surface area contributed by atoms with Gasteiger partial charge in [0.15, 0.2) is 5.69 Å². The number of rotatable bonds is 7. The first-order valence-electron chi connectivity index (χ1n) is 11.2. The second-order valence-corrected chi connectivity index (χ2v) is 8.85. The summed E-state index contributed by atoms with van der Waals surface area (Å²) in [5.41, 5.74) is 0.108. The highest BCUT2D eigenvalue weighted by atomic mass is 19.4. The molecule has 0 saturated heterocycles. The summed E-state index contributed by atoms with van der Waals surface area (Å²) in [4.78, 5) is 22.4. The molecule has 0 amide bonds. The van der Waals surface area contributed by atoms with E-state index in [4.69, 9.17) is 9.47 Å². The summed E-state index contributed by atoms with van der Waals surface area (Å²) in [6, 6.07) is 10.7. The number of imidazole rings is 1. The van der Waals surface area contributed by atoms with Crippen LogP contribution >= 0.6 is 0 Å². The highest BCUT2D eigenvalue weighted by Crippen LogP contribution is 2.38. The molecular weight excluding hydrogens is 463 g/mol. The predicted octanol–water partition coefficient (Wildman–Crippen LogP) is 5.50. The number of alkyl halides is 3. The number of halogens is 3. The number of aromatic amines is 1. The average Bonchev–Trinajstić information content (AvgIpc) is 3.23. The van der Waals surface area contributed by atoms with Crippen molar-refractivity contribution in [3.05, 3.63) is 54.0 Å². The summed E-state index contributed by atoms with van der Waals surface area (Å²) in [6.45, 7) is 1.53. The third-order valence-electron chi connectivity index (χ3n) is 6.41. The molecule has 0 spiro atoms. The molecule has 7 nitrogen and oxygen atoms in total. The zero-order chi connectivity index (χ0) is 25.2.